The third-order valence-electron chi connectivity index (χ3n) is 4.44. The summed E-state index contributed by atoms with van der Waals surface area (Å²) in [5, 5.41) is 29.8. The van der Waals surface area contributed by atoms with E-state index in [0.29, 0.717) is 29.1 Å². The summed E-state index contributed by atoms with van der Waals surface area (Å²) in [7, 11) is 0. The molecule has 26 heavy (non-hydrogen) atoms. The van der Waals surface area contributed by atoms with Gasteiger partial charge in [-0.05, 0) is 24.5 Å². The van der Waals surface area contributed by atoms with Gasteiger partial charge in [-0.3, -0.25) is 9.69 Å². The average molecular weight is 376 g/mol. The fraction of sp³-hybridized carbons (Fsp3) is 0.333. The van der Waals surface area contributed by atoms with E-state index in [0.717, 1.165) is 16.9 Å². The van der Waals surface area contributed by atoms with Crippen LogP contribution in [0.15, 0.2) is 30.3 Å². The summed E-state index contributed by atoms with van der Waals surface area (Å²) in [6.07, 6.45) is -0.622. The van der Waals surface area contributed by atoms with Gasteiger partial charge in [-0.1, -0.05) is 30.3 Å². The summed E-state index contributed by atoms with van der Waals surface area (Å²) >= 11 is 0.997. The third-order valence-corrected chi connectivity index (χ3v) is 5.76. The minimum Gasteiger partial charge on any atom is -0.477 e. The van der Waals surface area contributed by atoms with Crippen LogP contribution in [-0.2, 0) is 6.42 Å². The normalized spacial score (nSPS) is 16.7. The van der Waals surface area contributed by atoms with Crippen LogP contribution in [0.1, 0.15) is 31.2 Å². The second-order valence-corrected chi connectivity index (χ2v) is 7.04. The van der Waals surface area contributed by atoms with Crippen molar-refractivity contribution in [2.75, 3.05) is 24.6 Å². The predicted molar refractivity (Wildman–Crippen MR) is 97.6 cm³/mol. The number of carboxylic acids is 1. The first-order valence-corrected chi connectivity index (χ1v) is 9.04. The molecule has 138 valence electrons. The molecule has 3 N–H and O–H groups in total. The van der Waals surface area contributed by atoms with Crippen LogP contribution in [0.5, 0.6) is 0 Å². The minimum absolute atomic E-state index is 0.0288. The topological polar surface area (TPSA) is 101 Å². The number of aliphatic hydroxyl groups excluding tert-OH is 2. The molecule has 1 aromatic carbocycles. The molecule has 0 radical (unpaired) electrons. The number of carbonyl (C=O) groups is 2. The van der Waals surface area contributed by atoms with Crippen molar-refractivity contribution in [2.24, 2.45) is 0 Å². The van der Waals surface area contributed by atoms with Crippen LogP contribution in [0.2, 0.25) is 0 Å². The van der Waals surface area contributed by atoms with Gasteiger partial charge < -0.3 is 20.2 Å². The highest BCUT2D eigenvalue weighted by atomic mass is 32.1. The van der Waals surface area contributed by atoms with Gasteiger partial charge in [0.05, 0.1) is 12.2 Å². The van der Waals surface area contributed by atoms with Crippen molar-refractivity contribution in [1.29, 1.82) is 0 Å². The maximum Gasteiger partial charge on any atom is 0.346 e. The number of benzene rings is 1. The molecular formula is C18H20N2O5S. The van der Waals surface area contributed by atoms with Gasteiger partial charge in [0.25, 0.3) is 5.91 Å². The number of anilines is 1. The van der Waals surface area contributed by atoms with Crippen LogP contribution in [0.4, 0.5) is 5.00 Å². The first-order valence-electron chi connectivity index (χ1n) is 8.22. The molecule has 1 aliphatic heterocycles. The maximum atomic E-state index is 12.7. The summed E-state index contributed by atoms with van der Waals surface area (Å²) in [4.78, 5) is 27.1. The quantitative estimate of drug-likeness (QED) is 0.707. The Labute approximate surface area is 154 Å². The number of amides is 1. The molecule has 0 saturated carbocycles. The van der Waals surface area contributed by atoms with Gasteiger partial charge in [-0.15, -0.1) is 11.3 Å². The molecule has 1 aromatic heterocycles. The number of thiophene rings is 1. The monoisotopic (exact) mass is 376 g/mol. The van der Waals surface area contributed by atoms with E-state index in [-0.39, 0.29) is 18.0 Å². The fourth-order valence-electron chi connectivity index (χ4n) is 3.11. The van der Waals surface area contributed by atoms with Crippen LogP contribution in [0, 0.1) is 6.92 Å². The Morgan fingerprint density at radius 1 is 1.19 bits per heavy atom. The van der Waals surface area contributed by atoms with Crippen molar-refractivity contribution >= 4 is 28.2 Å². The molecule has 0 bridgehead atoms. The van der Waals surface area contributed by atoms with Crippen LogP contribution >= 0.6 is 11.3 Å². The molecule has 7 nitrogen and oxygen atoms in total. The Hall–Kier alpha value is -2.42. The zero-order valence-corrected chi connectivity index (χ0v) is 15.1. The highest BCUT2D eigenvalue weighted by Gasteiger charge is 2.40. The summed E-state index contributed by atoms with van der Waals surface area (Å²) in [5.74, 6) is -1.56. The summed E-state index contributed by atoms with van der Waals surface area (Å²) in [6.45, 7) is 1.69. The molecule has 3 rings (SSSR count). The van der Waals surface area contributed by atoms with Crippen LogP contribution in [0.3, 0.4) is 0 Å². The second kappa shape index (κ2) is 7.45. The predicted octanol–water partition coefficient (Wildman–Crippen LogP) is 1.53. The molecule has 0 fully saturated rings. The van der Waals surface area contributed by atoms with Gasteiger partial charge in [0.2, 0.25) is 6.35 Å². The maximum absolute atomic E-state index is 12.7. The van der Waals surface area contributed by atoms with Gasteiger partial charge in [-0.2, -0.15) is 0 Å². The molecule has 1 amide bonds. The van der Waals surface area contributed by atoms with Gasteiger partial charge in [0.15, 0.2) is 0 Å². The van der Waals surface area contributed by atoms with E-state index in [4.69, 9.17) is 0 Å². The Bertz CT molecular complexity index is 820. The highest BCUT2D eigenvalue weighted by molar-refractivity contribution is 7.18. The van der Waals surface area contributed by atoms with E-state index < -0.39 is 18.2 Å². The lowest BCUT2D eigenvalue weighted by atomic mass is 10.1. The lowest BCUT2D eigenvalue weighted by molar-refractivity contribution is -0.00400. The van der Waals surface area contributed by atoms with E-state index >= 15 is 0 Å². The van der Waals surface area contributed by atoms with Crippen molar-refractivity contribution in [3.63, 3.8) is 0 Å². The Morgan fingerprint density at radius 3 is 2.50 bits per heavy atom. The fourth-order valence-corrected chi connectivity index (χ4v) is 4.30. The summed E-state index contributed by atoms with van der Waals surface area (Å²) in [5.41, 5.74) is 1.75. The van der Waals surface area contributed by atoms with E-state index in [1.807, 2.05) is 30.3 Å². The number of aromatic carboxylic acids is 1. The zero-order chi connectivity index (χ0) is 18.8. The third kappa shape index (κ3) is 3.18. The number of hydrogen-bond acceptors (Lipinski definition) is 6. The number of fused-ring (bicyclic) bond motifs is 1. The largest absolute Gasteiger partial charge is 0.477 e. The lowest BCUT2D eigenvalue weighted by Crippen LogP contribution is -2.56. The number of nitrogens with zero attached hydrogens (tertiary/aromatic N) is 2. The molecule has 1 unspecified atom stereocenters. The SMILES string of the molecule is Cc1c(C(=O)O)sc2c1C(=O)N(CCO)C(O)N2CCc1ccccc1. The highest BCUT2D eigenvalue weighted by Crippen LogP contribution is 2.41. The number of rotatable bonds is 6. The Balaban J connectivity index is 1.99. The number of aliphatic hydroxyl groups is 2. The number of carbonyl (C=O) groups excluding carboxylic acids is 1. The van der Waals surface area contributed by atoms with Crippen molar-refractivity contribution in [3.05, 3.63) is 51.9 Å². The summed E-state index contributed by atoms with van der Waals surface area (Å²) in [6, 6.07) is 9.70. The molecule has 2 aromatic rings. The van der Waals surface area contributed by atoms with Gasteiger partial charge in [-0.25, -0.2) is 4.79 Å². The van der Waals surface area contributed by atoms with E-state index in [2.05, 4.69) is 0 Å². The molecule has 1 aliphatic rings. The molecule has 8 heteroatoms. The van der Waals surface area contributed by atoms with Crippen molar-refractivity contribution in [2.45, 2.75) is 19.7 Å². The first kappa shape index (κ1) is 18.4. The van der Waals surface area contributed by atoms with Crippen molar-refractivity contribution in [1.82, 2.24) is 4.90 Å². The molecule has 0 aliphatic carbocycles. The Morgan fingerprint density at radius 2 is 1.88 bits per heavy atom. The van der Waals surface area contributed by atoms with Crippen molar-refractivity contribution < 1.29 is 24.9 Å². The molecule has 2 heterocycles. The summed E-state index contributed by atoms with van der Waals surface area (Å²) < 4.78 is 0. The number of carboxylic acid groups (broad SMARTS) is 1. The van der Waals surface area contributed by atoms with Crippen LogP contribution in [0.25, 0.3) is 0 Å². The Kier molecular flexibility index (Phi) is 5.26. The van der Waals surface area contributed by atoms with Crippen molar-refractivity contribution in [3.8, 4) is 0 Å². The van der Waals surface area contributed by atoms with Gasteiger partial charge in [0, 0.05) is 13.1 Å². The lowest BCUT2D eigenvalue weighted by Gasteiger charge is -2.41. The van der Waals surface area contributed by atoms with E-state index in [1.165, 1.54) is 4.90 Å². The average Bonchev–Trinajstić information content (AvgIpc) is 2.97. The smallest absolute Gasteiger partial charge is 0.346 e. The number of β-amino-alcohol motifs (C(OH)–C–C–N with tert-alkyl or cyclic N) is 1. The standard InChI is InChI=1S/C18H20N2O5S/c1-11-13-15(22)19(9-10-21)18(25)20(16(13)26-14(11)17(23)24)8-7-12-5-3-2-4-6-12/h2-6,18,21,25H,7-10H2,1H3,(H,23,24). The van der Waals surface area contributed by atoms with E-state index in [9.17, 15) is 24.9 Å². The van der Waals surface area contributed by atoms with E-state index in [1.54, 1.807) is 11.8 Å². The first-order chi connectivity index (χ1) is 12.5. The van der Waals surface area contributed by atoms with Crippen LogP contribution < -0.4 is 4.90 Å². The molecule has 0 spiro atoms. The zero-order valence-electron chi connectivity index (χ0n) is 14.3. The number of hydrogen-bond donors (Lipinski definition) is 3. The molecule has 0 saturated heterocycles. The van der Waals surface area contributed by atoms with Gasteiger partial charge >= 0.3 is 5.97 Å². The molecular weight excluding hydrogens is 356 g/mol. The minimum atomic E-state index is -1.24. The van der Waals surface area contributed by atoms with Crippen LogP contribution in [-0.4, -0.2) is 58.1 Å². The van der Waals surface area contributed by atoms with Gasteiger partial charge in [0.1, 0.15) is 9.88 Å². The molecule has 1 atom stereocenters. The second-order valence-electron chi connectivity index (χ2n) is 6.04.